The van der Waals surface area contributed by atoms with Gasteiger partial charge in [-0.3, -0.25) is 0 Å². The topological polar surface area (TPSA) is 35.5 Å². The Morgan fingerprint density at radius 1 is 1.70 bits per heavy atom. The van der Waals surface area contributed by atoms with Crippen LogP contribution in [0.5, 0.6) is 0 Å². The number of carbonyl (C=O) groups excluding carboxylic acids is 1. The van der Waals surface area contributed by atoms with Crippen LogP contribution in [0.25, 0.3) is 0 Å². The summed E-state index contributed by atoms with van der Waals surface area (Å²) in [6, 6.07) is 0. The van der Waals surface area contributed by atoms with Crippen LogP contribution < -0.4 is 0 Å². The van der Waals surface area contributed by atoms with Crippen LogP contribution in [0.15, 0.2) is 0 Å². The van der Waals surface area contributed by atoms with Gasteiger partial charge in [0.1, 0.15) is 6.29 Å². The van der Waals surface area contributed by atoms with Gasteiger partial charge in [-0.2, -0.15) is 0 Å². The molecule has 1 atom stereocenters. The Morgan fingerprint density at radius 2 is 2.40 bits per heavy atom. The first-order valence-corrected chi connectivity index (χ1v) is 3.39. The number of rotatable bonds is 2. The Morgan fingerprint density at radius 3 is 2.80 bits per heavy atom. The smallest absolute Gasteiger partial charge is 0.163 e. The van der Waals surface area contributed by atoms with Gasteiger partial charge in [0.15, 0.2) is 5.79 Å². The van der Waals surface area contributed by atoms with E-state index in [-0.39, 0.29) is 6.10 Å². The molecule has 3 heteroatoms. The summed E-state index contributed by atoms with van der Waals surface area (Å²) in [5.74, 6) is -0.492. The van der Waals surface area contributed by atoms with E-state index in [1.54, 1.807) is 0 Å². The maximum atomic E-state index is 10.0. The molecule has 1 rings (SSSR count). The van der Waals surface area contributed by atoms with Crippen molar-refractivity contribution in [1.82, 2.24) is 0 Å². The molecule has 0 aromatic heterocycles. The van der Waals surface area contributed by atoms with E-state index in [0.717, 1.165) is 6.29 Å². The van der Waals surface area contributed by atoms with Crippen LogP contribution in [0.3, 0.4) is 0 Å². The summed E-state index contributed by atoms with van der Waals surface area (Å²) < 4.78 is 10.6. The second-order valence-electron chi connectivity index (χ2n) is 2.85. The second kappa shape index (κ2) is 2.68. The van der Waals surface area contributed by atoms with E-state index < -0.39 is 5.79 Å². The summed E-state index contributed by atoms with van der Waals surface area (Å²) in [5.41, 5.74) is 0. The molecule has 58 valence electrons. The van der Waals surface area contributed by atoms with Crippen molar-refractivity contribution in [2.45, 2.75) is 32.2 Å². The molecule has 1 heterocycles. The highest BCUT2D eigenvalue weighted by molar-refractivity contribution is 5.50. The Balaban J connectivity index is 2.35. The number of ether oxygens (including phenoxy) is 2. The zero-order chi connectivity index (χ0) is 7.61. The minimum absolute atomic E-state index is 0.0347. The summed E-state index contributed by atoms with van der Waals surface area (Å²) >= 11 is 0. The lowest BCUT2D eigenvalue weighted by atomic mass is 10.3. The number of aldehydes is 1. The number of hydrogen-bond acceptors (Lipinski definition) is 3. The monoisotopic (exact) mass is 144 g/mol. The molecule has 1 aliphatic heterocycles. The van der Waals surface area contributed by atoms with Gasteiger partial charge in [-0.25, -0.2) is 0 Å². The molecule has 0 N–H and O–H groups in total. The minimum atomic E-state index is -0.492. The van der Waals surface area contributed by atoms with E-state index in [1.807, 2.05) is 13.8 Å². The van der Waals surface area contributed by atoms with Crippen molar-refractivity contribution >= 4 is 6.29 Å². The third-order valence-electron chi connectivity index (χ3n) is 1.43. The minimum Gasteiger partial charge on any atom is -0.348 e. The first-order chi connectivity index (χ1) is 4.64. The van der Waals surface area contributed by atoms with Gasteiger partial charge in [0.25, 0.3) is 0 Å². The molecule has 0 spiro atoms. The van der Waals surface area contributed by atoms with Crippen LogP contribution in [0.4, 0.5) is 0 Å². The summed E-state index contributed by atoms with van der Waals surface area (Å²) in [6.07, 6.45) is 1.26. The molecule has 0 saturated carbocycles. The van der Waals surface area contributed by atoms with Gasteiger partial charge >= 0.3 is 0 Å². The normalized spacial score (nSPS) is 30.4. The molecule has 0 radical (unpaired) electrons. The highest BCUT2D eigenvalue weighted by atomic mass is 16.7. The fourth-order valence-corrected chi connectivity index (χ4v) is 0.987. The number of hydrogen-bond donors (Lipinski definition) is 0. The van der Waals surface area contributed by atoms with Crippen LogP contribution >= 0.6 is 0 Å². The highest BCUT2D eigenvalue weighted by Gasteiger charge is 2.31. The standard InChI is InChI=1S/C7H12O3/c1-7(2)9-5-6(10-7)3-4-8/h4,6H,3,5H2,1-2H3/t6-/m1/s1. The molecule has 0 bridgehead atoms. The molecule has 1 aliphatic rings. The largest absolute Gasteiger partial charge is 0.348 e. The van der Waals surface area contributed by atoms with Gasteiger partial charge in [0.05, 0.1) is 12.7 Å². The summed E-state index contributed by atoms with van der Waals surface area (Å²) in [6.45, 7) is 4.22. The van der Waals surface area contributed by atoms with Crippen molar-refractivity contribution < 1.29 is 14.3 Å². The van der Waals surface area contributed by atoms with E-state index in [1.165, 1.54) is 0 Å². The summed E-state index contributed by atoms with van der Waals surface area (Å²) in [4.78, 5) is 10.0. The lowest BCUT2D eigenvalue weighted by Crippen LogP contribution is -2.21. The predicted octanol–water partition coefficient (Wildman–Crippen LogP) is 0.727. The molecule has 0 aromatic carbocycles. The van der Waals surface area contributed by atoms with Crippen molar-refractivity contribution in [3.63, 3.8) is 0 Å². The van der Waals surface area contributed by atoms with Gasteiger partial charge in [-0.15, -0.1) is 0 Å². The van der Waals surface area contributed by atoms with Gasteiger partial charge in [-0.05, 0) is 13.8 Å². The molecule has 10 heavy (non-hydrogen) atoms. The Hall–Kier alpha value is -0.410. The van der Waals surface area contributed by atoms with Crippen LogP contribution in [-0.2, 0) is 14.3 Å². The van der Waals surface area contributed by atoms with Crippen molar-refractivity contribution in [2.24, 2.45) is 0 Å². The molecule has 1 saturated heterocycles. The van der Waals surface area contributed by atoms with E-state index in [9.17, 15) is 4.79 Å². The van der Waals surface area contributed by atoms with E-state index in [4.69, 9.17) is 9.47 Å². The van der Waals surface area contributed by atoms with Crippen LogP contribution in [0.1, 0.15) is 20.3 Å². The first-order valence-electron chi connectivity index (χ1n) is 3.39. The zero-order valence-corrected chi connectivity index (χ0v) is 6.29. The fourth-order valence-electron chi connectivity index (χ4n) is 0.987. The average Bonchev–Trinajstić information content (AvgIpc) is 2.12. The SMILES string of the molecule is CC1(C)OC[C@@H](CC=O)O1. The van der Waals surface area contributed by atoms with Crippen molar-refractivity contribution in [3.05, 3.63) is 0 Å². The van der Waals surface area contributed by atoms with Crippen molar-refractivity contribution in [3.8, 4) is 0 Å². The fraction of sp³-hybridized carbons (Fsp3) is 0.857. The second-order valence-corrected chi connectivity index (χ2v) is 2.85. The Bertz CT molecular complexity index is 131. The molecule has 0 aliphatic carbocycles. The molecule has 0 aromatic rings. The lowest BCUT2D eigenvalue weighted by Gasteiger charge is -2.15. The lowest BCUT2D eigenvalue weighted by molar-refractivity contribution is -0.140. The van der Waals surface area contributed by atoms with Crippen molar-refractivity contribution in [1.29, 1.82) is 0 Å². The Kier molecular flexibility index (Phi) is 2.06. The maximum absolute atomic E-state index is 10.0. The third-order valence-corrected chi connectivity index (χ3v) is 1.43. The van der Waals surface area contributed by atoms with Gasteiger partial charge in [0, 0.05) is 6.42 Å². The zero-order valence-electron chi connectivity index (χ0n) is 6.29. The summed E-state index contributed by atoms with van der Waals surface area (Å²) in [7, 11) is 0. The van der Waals surface area contributed by atoms with Gasteiger partial charge in [-0.1, -0.05) is 0 Å². The van der Waals surface area contributed by atoms with Gasteiger partial charge < -0.3 is 14.3 Å². The molecular weight excluding hydrogens is 132 g/mol. The van der Waals surface area contributed by atoms with Crippen LogP contribution in [0.2, 0.25) is 0 Å². The Labute approximate surface area is 60.3 Å². The molecule has 3 nitrogen and oxygen atoms in total. The highest BCUT2D eigenvalue weighted by Crippen LogP contribution is 2.23. The van der Waals surface area contributed by atoms with Crippen LogP contribution in [-0.4, -0.2) is 24.8 Å². The average molecular weight is 144 g/mol. The number of carbonyl (C=O) groups is 1. The third kappa shape index (κ3) is 1.78. The van der Waals surface area contributed by atoms with Crippen molar-refractivity contribution in [2.75, 3.05) is 6.61 Å². The van der Waals surface area contributed by atoms with E-state index in [0.29, 0.717) is 13.0 Å². The van der Waals surface area contributed by atoms with E-state index >= 15 is 0 Å². The molecular formula is C7H12O3. The molecule has 0 unspecified atom stereocenters. The van der Waals surface area contributed by atoms with Crippen LogP contribution in [0, 0.1) is 0 Å². The molecule has 0 amide bonds. The molecule has 1 fully saturated rings. The summed E-state index contributed by atoms with van der Waals surface area (Å²) in [5, 5.41) is 0. The van der Waals surface area contributed by atoms with Gasteiger partial charge in [0.2, 0.25) is 0 Å². The van der Waals surface area contributed by atoms with E-state index in [2.05, 4.69) is 0 Å². The first kappa shape index (κ1) is 7.69. The predicted molar refractivity (Wildman–Crippen MR) is 35.6 cm³/mol. The quantitative estimate of drug-likeness (QED) is 0.536. The maximum Gasteiger partial charge on any atom is 0.163 e.